The van der Waals surface area contributed by atoms with Gasteiger partial charge in [0.05, 0.1) is 22.8 Å². The minimum Gasteiger partial charge on any atom is -0.444 e. The molecule has 0 spiro atoms. The Bertz CT molecular complexity index is 622. The maximum atomic E-state index is 14.2. The Labute approximate surface area is 148 Å². The van der Waals surface area contributed by atoms with Gasteiger partial charge in [0.2, 0.25) is 0 Å². The lowest BCUT2D eigenvalue weighted by atomic mass is 10.1. The lowest BCUT2D eigenvalue weighted by molar-refractivity contribution is 0.0197. The van der Waals surface area contributed by atoms with Crippen molar-refractivity contribution in [3.8, 4) is 0 Å². The summed E-state index contributed by atoms with van der Waals surface area (Å²) in [6.07, 6.45) is -0.483. The molecule has 5 nitrogen and oxygen atoms in total. The molecule has 0 radical (unpaired) electrons. The van der Waals surface area contributed by atoms with E-state index in [-0.39, 0.29) is 29.9 Å². The molecule has 24 heavy (non-hydrogen) atoms. The number of rotatable bonds is 2. The molecule has 1 N–H and O–H groups in total. The summed E-state index contributed by atoms with van der Waals surface area (Å²) in [6, 6.07) is 1.60. The molecule has 1 amide bonds. The zero-order valence-electron chi connectivity index (χ0n) is 13.9. The normalized spacial score (nSPS) is 18.7. The van der Waals surface area contributed by atoms with Crippen LogP contribution in [-0.4, -0.2) is 54.0 Å². The third-order valence-corrected chi connectivity index (χ3v) is 4.25. The second-order valence-corrected chi connectivity index (χ2v) is 7.53. The molecule has 1 saturated heterocycles. The quantitative estimate of drug-likeness (QED) is 0.766. The minimum absolute atomic E-state index is 0.0386. The van der Waals surface area contributed by atoms with Crippen molar-refractivity contribution in [1.82, 2.24) is 4.90 Å². The van der Waals surface area contributed by atoms with Crippen molar-refractivity contribution in [2.75, 3.05) is 31.1 Å². The molecule has 1 fully saturated rings. The molecule has 1 aromatic rings. The topological polar surface area (TPSA) is 53.0 Å². The molecular formula is C16H21BrF2N2O3. The molecule has 0 bridgehead atoms. The standard InChI is InChI=1S/C16H21BrF2N2O3/c1-16(2,3)24-15(23)20-4-5-21(10(8-20)9-22)14-7-12(18)11(17)6-13(14)19/h6-7,10,22H,4-5,8-9H2,1-3H3/t10-/m0/s1. The molecule has 0 unspecified atom stereocenters. The summed E-state index contributed by atoms with van der Waals surface area (Å²) in [5.74, 6) is -1.18. The summed E-state index contributed by atoms with van der Waals surface area (Å²) in [4.78, 5) is 15.2. The molecule has 1 heterocycles. The molecule has 1 aliphatic rings. The maximum absolute atomic E-state index is 14.2. The zero-order chi connectivity index (χ0) is 18.1. The van der Waals surface area contributed by atoms with Crippen LogP contribution in [0.4, 0.5) is 19.3 Å². The number of carbonyl (C=O) groups excluding carboxylic acids is 1. The monoisotopic (exact) mass is 406 g/mol. The Balaban J connectivity index is 2.16. The van der Waals surface area contributed by atoms with Crippen LogP contribution in [0.3, 0.4) is 0 Å². The molecule has 0 aromatic heterocycles. The number of halogens is 3. The molecule has 8 heteroatoms. The number of aliphatic hydroxyl groups is 1. The van der Waals surface area contributed by atoms with Gasteiger partial charge in [-0.2, -0.15) is 0 Å². The van der Waals surface area contributed by atoms with Gasteiger partial charge in [-0.1, -0.05) is 0 Å². The predicted octanol–water partition coefficient (Wildman–Crippen LogP) is 3.15. The van der Waals surface area contributed by atoms with Crippen molar-refractivity contribution in [3.05, 3.63) is 28.2 Å². The van der Waals surface area contributed by atoms with Gasteiger partial charge in [-0.05, 0) is 42.8 Å². The Kier molecular flexibility index (Phi) is 5.70. The van der Waals surface area contributed by atoms with Crippen molar-refractivity contribution in [2.45, 2.75) is 32.4 Å². The van der Waals surface area contributed by atoms with Crippen molar-refractivity contribution in [1.29, 1.82) is 0 Å². The van der Waals surface area contributed by atoms with E-state index in [2.05, 4.69) is 15.9 Å². The van der Waals surface area contributed by atoms with Crippen LogP contribution in [0.1, 0.15) is 20.8 Å². The number of ether oxygens (including phenoxy) is 1. The Morgan fingerprint density at radius 2 is 2.00 bits per heavy atom. The Hall–Kier alpha value is -1.41. The SMILES string of the molecule is CC(C)(C)OC(=O)N1CCN(c2cc(F)c(Br)cc2F)[C@H](CO)C1. The summed E-state index contributed by atoms with van der Waals surface area (Å²) in [7, 11) is 0. The summed E-state index contributed by atoms with van der Waals surface area (Å²) < 4.78 is 33.3. The molecule has 2 rings (SSSR count). The van der Waals surface area contributed by atoms with Gasteiger partial charge >= 0.3 is 6.09 Å². The lowest BCUT2D eigenvalue weighted by Gasteiger charge is -2.42. The van der Waals surface area contributed by atoms with E-state index in [4.69, 9.17) is 4.74 Å². The Morgan fingerprint density at radius 1 is 1.33 bits per heavy atom. The third-order valence-electron chi connectivity index (χ3n) is 3.64. The first-order valence-electron chi connectivity index (χ1n) is 7.62. The first kappa shape index (κ1) is 18.9. The van der Waals surface area contributed by atoms with Crippen molar-refractivity contribution in [2.24, 2.45) is 0 Å². The van der Waals surface area contributed by atoms with E-state index < -0.39 is 29.4 Å². The largest absolute Gasteiger partial charge is 0.444 e. The predicted molar refractivity (Wildman–Crippen MR) is 90.1 cm³/mol. The van der Waals surface area contributed by atoms with Crippen LogP contribution in [0.15, 0.2) is 16.6 Å². The highest BCUT2D eigenvalue weighted by Gasteiger charge is 2.33. The van der Waals surface area contributed by atoms with Crippen molar-refractivity contribution >= 4 is 27.7 Å². The van der Waals surface area contributed by atoms with Crippen molar-refractivity contribution in [3.63, 3.8) is 0 Å². The van der Waals surface area contributed by atoms with Crippen LogP contribution < -0.4 is 4.90 Å². The van der Waals surface area contributed by atoms with Crippen LogP contribution >= 0.6 is 15.9 Å². The zero-order valence-corrected chi connectivity index (χ0v) is 15.4. The molecule has 1 atom stereocenters. The molecule has 134 valence electrons. The van der Waals surface area contributed by atoms with Crippen LogP contribution in [-0.2, 0) is 4.74 Å². The minimum atomic E-state index is -0.621. The highest BCUT2D eigenvalue weighted by Crippen LogP contribution is 2.29. The molecule has 1 aliphatic heterocycles. The van der Waals surface area contributed by atoms with Gasteiger partial charge in [-0.25, -0.2) is 13.6 Å². The van der Waals surface area contributed by atoms with Gasteiger partial charge in [-0.3, -0.25) is 0 Å². The molecule has 0 saturated carbocycles. The van der Waals surface area contributed by atoms with Gasteiger partial charge in [0.1, 0.15) is 17.2 Å². The number of benzene rings is 1. The van der Waals surface area contributed by atoms with E-state index >= 15 is 0 Å². The van der Waals surface area contributed by atoms with Gasteiger partial charge in [0, 0.05) is 25.7 Å². The molecule has 0 aliphatic carbocycles. The smallest absolute Gasteiger partial charge is 0.410 e. The van der Waals surface area contributed by atoms with Gasteiger partial charge in [0.15, 0.2) is 0 Å². The highest BCUT2D eigenvalue weighted by atomic mass is 79.9. The summed E-state index contributed by atoms with van der Waals surface area (Å²) in [5.41, 5.74) is -0.553. The summed E-state index contributed by atoms with van der Waals surface area (Å²) in [6.45, 7) is 5.74. The highest BCUT2D eigenvalue weighted by molar-refractivity contribution is 9.10. The van der Waals surface area contributed by atoms with Gasteiger partial charge in [0.25, 0.3) is 0 Å². The van der Waals surface area contributed by atoms with E-state index in [0.717, 1.165) is 12.1 Å². The van der Waals surface area contributed by atoms with Crippen LogP contribution in [0.5, 0.6) is 0 Å². The van der Waals surface area contributed by atoms with E-state index in [0.29, 0.717) is 6.54 Å². The fourth-order valence-electron chi connectivity index (χ4n) is 2.55. The number of hydrogen-bond donors (Lipinski definition) is 1. The van der Waals surface area contributed by atoms with E-state index in [1.54, 1.807) is 25.7 Å². The van der Waals surface area contributed by atoms with Gasteiger partial charge < -0.3 is 19.6 Å². The number of hydrogen-bond acceptors (Lipinski definition) is 4. The van der Waals surface area contributed by atoms with Crippen LogP contribution in [0.25, 0.3) is 0 Å². The van der Waals surface area contributed by atoms with E-state index in [9.17, 15) is 18.7 Å². The number of anilines is 1. The average molecular weight is 407 g/mol. The maximum Gasteiger partial charge on any atom is 0.410 e. The fraction of sp³-hybridized carbons (Fsp3) is 0.562. The molecule has 1 aromatic carbocycles. The first-order chi connectivity index (χ1) is 11.1. The average Bonchev–Trinajstić information content (AvgIpc) is 2.48. The second kappa shape index (κ2) is 7.23. The summed E-state index contributed by atoms with van der Waals surface area (Å²) >= 11 is 2.94. The lowest BCUT2D eigenvalue weighted by Crippen LogP contribution is -2.57. The number of amides is 1. The molecular weight excluding hydrogens is 386 g/mol. The fourth-order valence-corrected chi connectivity index (χ4v) is 2.87. The number of piperazine rings is 1. The van der Waals surface area contributed by atoms with Crippen molar-refractivity contribution < 1.29 is 23.4 Å². The van der Waals surface area contributed by atoms with Gasteiger partial charge in [-0.15, -0.1) is 0 Å². The van der Waals surface area contributed by atoms with Crippen LogP contribution in [0, 0.1) is 11.6 Å². The summed E-state index contributed by atoms with van der Waals surface area (Å²) in [5, 5.41) is 9.62. The van der Waals surface area contributed by atoms with E-state index in [1.807, 2.05) is 0 Å². The van der Waals surface area contributed by atoms with Crippen LogP contribution in [0.2, 0.25) is 0 Å². The Morgan fingerprint density at radius 3 is 2.58 bits per heavy atom. The third kappa shape index (κ3) is 4.36. The van der Waals surface area contributed by atoms with E-state index in [1.165, 1.54) is 4.90 Å². The first-order valence-corrected chi connectivity index (χ1v) is 8.41. The second-order valence-electron chi connectivity index (χ2n) is 6.67. The number of aliphatic hydroxyl groups excluding tert-OH is 1. The number of nitrogens with zero attached hydrogens (tertiary/aromatic N) is 2. The number of carbonyl (C=O) groups is 1.